The van der Waals surface area contributed by atoms with Crippen LogP contribution in [-0.4, -0.2) is 15.5 Å². The van der Waals surface area contributed by atoms with Gasteiger partial charge in [0, 0.05) is 28.2 Å². The molecule has 0 spiro atoms. The van der Waals surface area contributed by atoms with Crippen LogP contribution in [0.15, 0.2) is 53.3 Å². The summed E-state index contributed by atoms with van der Waals surface area (Å²) in [6.45, 7) is 2.23. The van der Waals surface area contributed by atoms with E-state index in [4.69, 9.17) is 23.2 Å². The molecule has 0 aliphatic heterocycles. The van der Waals surface area contributed by atoms with Gasteiger partial charge in [-0.15, -0.1) is 0 Å². The Morgan fingerprint density at radius 1 is 1.15 bits per heavy atom. The molecule has 0 fully saturated rings. The monoisotopic (exact) mass is 402 g/mol. The first-order valence-corrected chi connectivity index (χ1v) is 8.94. The van der Waals surface area contributed by atoms with Crippen molar-refractivity contribution in [3.8, 4) is 0 Å². The van der Waals surface area contributed by atoms with E-state index in [2.05, 4.69) is 15.8 Å². The number of aromatic nitrogens is 2. The van der Waals surface area contributed by atoms with Crippen molar-refractivity contribution < 1.29 is 4.79 Å². The third kappa shape index (κ3) is 4.13. The molecule has 0 bridgehead atoms. The molecular weight excluding hydrogens is 387 g/mol. The zero-order chi connectivity index (χ0) is 19.4. The van der Waals surface area contributed by atoms with Gasteiger partial charge < -0.3 is 0 Å². The molecule has 3 aromatic rings. The SMILES string of the molecule is CCn1c(NNC(=O)/C=C/c2c(Cl)cccc2Cl)nc2ccccc2c1=O. The predicted molar refractivity (Wildman–Crippen MR) is 109 cm³/mol. The number of carbonyl (C=O) groups excluding carboxylic acids is 1. The number of carbonyl (C=O) groups is 1. The van der Waals surface area contributed by atoms with Crippen LogP contribution in [0.4, 0.5) is 5.95 Å². The standard InChI is InChI=1S/C19H16Cl2N4O2/c1-2-25-18(27)13-6-3-4-9-16(13)22-19(25)24-23-17(26)11-10-12-14(20)7-5-8-15(12)21/h3-11H,2H2,1H3,(H,22,24)(H,23,26)/b11-10+. The first-order chi connectivity index (χ1) is 13.0. The Morgan fingerprint density at radius 3 is 2.56 bits per heavy atom. The van der Waals surface area contributed by atoms with Crippen LogP contribution in [-0.2, 0) is 11.3 Å². The average molecular weight is 403 g/mol. The fourth-order valence-electron chi connectivity index (χ4n) is 2.54. The molecule has 0 saturated carbocycles. The van der Waals surface area contributed by atoms with Crippen LogP contribution in [0.25, 0.3) is 17.0 Å². The molecule has 0 radical (unpaired) electrons. The highest BCUT2D eigenvalue weighted by Crippen LogP contribution is 2.25. The maximum absolute atomic E-state index is 12.5. The smallest absolute Gasteiger partial charge is 0.262 e. The molecule has 2 aromatic carbocycles. The summed E-state index contributed by atoms with van der Waals surface area (Å²) < 4.78 is 1.44. The largest absolute Gasteiger partial charge is 0.277 e. The first-order valence-electron chi connectivity index (χ1n) is 8.19. The number of amides is 1. The molecule has 0 aliphatic rings. The van der Waals surface area contributed by atoms with E-state index in [0.717, 1.165) is 0 Å². The van der Waals surface area contributed by atoms with Crippen molar-refractivity contribution in [3.63, 3.8) is 0 Å². The lowest BCUT2D eigenvalue weighted by Crippen LogP contribution is -2.33. The maximum Gasteiger partial charge on any atom is 0.262 e. The summed E-state index contributed by atoms with van der Waals surface area (Å²) in [6.07, 6.45) is 2.80. The van der Waals surface area contributed by atoms with Crippen molar-refractivity contribution in [2.24, 2.45) is 0 Å². The normalized spacial score (nSPS) is 11.1. The number of hydrogen-bond acceptors (Lipinski definition) is 4. The van der Waals surface area contributed by atoms with E-state index in [-0.39, 0.29) is 11.5 Å². The summed E-state index contributed by atoms with van der Waals surface area (Å²) >= 11 is 12.1. The Labute approximate surface area is 165 Å². The van der Waals surface area contributed by atoms with E-state index in [0.29, 0.717) is 33.1 Å². The van der Waals surface area contributed by atoms with Crippen molar-refractivity contribution >= 4 is 52.0 Å². The van der Waals surface area contributed by atoms with Gasteiger partial charge in [0.25, 0.3) is 11.5 Å². The molecule has 0 aliphatic carbocycles. The summed E-state index contributed by atoms with van der Waals surface area (Å²) in [7, 11) is 0. The molecule has 27 heavy (non-hydrogen) atoms. The van der Waals surface area contributed by atoms with Gasteiger partial charge in [-0.25, -0.2) is 4.98 Å². The molecule has 0 saturated heterocycles. The van der Waals surface area contributed by atoms with E-state index in [1.165, 1.54) is 16.7 Å². The topological polar surface area (TPSA) is 76.0 Å². The lowest BCUT2D eigenvalue weighted by Gasteiger charge is -2.13. The molecular formula is C19H16Cl2N4O2. The number of anilines is 1. The molecule has 6 nitrogen and oxygen atoms in total. The number of nitrogens with one attached hydrogen (secondary N) is 2. The van der Waals surface area contributed by atoms with Gasteiger partial charge in [0.2, 0.25) is 5.95 Å². The lowest BCUT2D eigenvalue weighted by molar-refractivity contribution is -0.116. The van der Waals surface area contributed by atoms with Gasteiger partial charge in [0.1, 0.15) is 0 Å². The Morgan fingerprint density at radius 2 is 1.85 bits per heavy atom. The van der Waals surface area contributed by atoms with E-state index >= 15 is 0 Å². The Kier molecular flexibility index (Phi) is 5.78. The summed E-state index contributed by atoms with van der Waals surface area (Å²) in [4.78, 5) is 29.0. The highest BCUT2D eigenvalue weighted by atomic mass is 35.5. The fourth-order valence-corrected chi connectivity index (χ4v) is 3.07. The second-order valence-electron chi connectivity index (χ2n) is 5.58. The molecule has 1 amide bonds. The molecule has 138 valence electrons. The number of benzene rings is 2. The minimum atomic E-state index is -0.448. The second-order valence-corrected chi connectivity index (χ2v) is 6.40. The minimum Gasteiger partial charge on any atom is -0.277 e. The van der Waals surface area contributed by atoms with Crippen molar-refractivity contribution in [1.82, 2.24) is 15.0 Å². The van der Waals surface area contributed by atoms with Gasteiger partial charge in [0.05, 0.1) is 10.9 Å². The van der Waals surface area contributed by atoms with Gasteiger partial charge in [-0.2, -0.15) is 0 Å². The quantitative estimate of drug-likeness (QED) is 0.501. The van der Waals surface area contributed by atoms with E-state index in [1.807, 2.05) is 6.92 Å². The van der Waals surface area contributed by atoms with Gasteiger partial charge in [-0.05, 0) is 37.3 Å². The van der Waals surface area contributed by atoms with Crippen molar-refractivity contribution in [2.45, 2.75) is 13.5 Å². The summed E-state index contributed by atoms with van der Waals surface area (Å²) in [6, 6.07) is 12.1. The Hall–Kier alpha value is -2.83. The van der Waals surface area contributed by atoms with Crippen molar-refractivity contribution in [1.29, 1.82) is 0 Å². The summed E-state index contributed by atoms with van der Waals surface area (Å²) in [5.41, 5.74) is 6.10. The zero-order valence-corrected chi connectivity index (χ0v) is 15.9. The molecule has 1 aromatic heterocycles. The minimum absolute atomic E-state index is 0.182. The van der Waals surface area contributed by atoms with Gasteiger partial charge in [-0.1, -0.05) is 41.4 Å². The number of para-hydroxylation sites is 1. The van der Waals surface area contributed by atoms with E-state index < -0.39 is 5.91 Å². The predicted octanol–water partition coefficient (Wildman–Crippen LogP) is 3.88. The highest BCUT2D eigenvalue weighted by Gasteiger charge is 2.10. The number of hydrazine groups is 1. The van der Waals surface area contributed by atoms with Gasteiger partial charge in [0.15, 0.2) is 0 Å². The fraction of sp³-hybridized carbons (Fsp3) is 0.105. The number of rotatable bonds is 5. The van der Waals surface area contributed by atoms with E-state index in [1.54, 1.807) is 42.5 Å². The van der Waals surface area contributed by atoms with Gasteiger partial charge >= 0.3 is 0 Å². The molecule has 8 heteroatoms. The summed E-state index contributed by atoms with van der Waals surface area (Å²) in [5.74, 6) is -0.199. The van der Waals surface area contributed by atoms with Crippen LogP contribution in [0.3, 0.4) is 0 Å². The molecule has 1 heterocycles. The third-order valence-corrected chi connectivity index (χ3v) is 4.54. The average Bonchev–Trinajstić information content (AvgIpc) is 2.66. The van der Waals surface area contributed by atoms with Gasteiger partial charge in [-0.3, -0.25) is 25.0 Å². The first kappa shape index (κ1) is 18.9. The summed E-state index contributed by atoms with van der Waals surface area (Å²) in [5, 5.41) is 1.40. The number of hydrogen-bond donors (Lipinski definition) is 2. The van der Waals surface area contributed by atoms with Crippen molar-refractivity contribution in [2.75, 3.05) is 5.43 Å². The highest BCUT2D eigenvalue weighted by molar-refractivity contribution is 6.37. The Balaban J connectivity index is 1.79. The maximum atomic E-state index is 12.5. The van der Waals surface area contributed by atoms with Crippen LogP contribution >= 0.6 is 23.2 Å². The van der Waals surface area contributed by atoms with Crippen LogP contribution in [0.2, 0.25) is 10.0 Å². The van der Waals surface area contributed by atoms with Crippen LogP contribution < -0.4 is 16.4 Å². The number of nitrogens with zero attached hydrogens (tertiary/aromatic N) is 2. The second kappa shape index (κ2) is 8.24. The van der Waals surface area contributed by atoms with Crippen LogP contribution in [0, 0.1) is 0 Å². The number of fused-ring (bicyclic) bond motifs is 1. The number of halogens is 2. The third-order valence-electron chi connectivity index (χ3n) is 3.88. The van der Waals surface area contributed by atoms with Crippen LogP contribution in [0.1, 0.15) is 12.5 Å². The van der Waals surface area contributed by atoms with E-state index in [9.17, 15) is 9.59 Å². The lowest BCUT2D eigenvalue weighted by atomic mass is 10.2. The molecule has 3 rings (SSSR count). The molecule has 0 unspecified atom stereocenters. The van der Waals surface area contributed by atoms with Crippen LogP contribution in [0.5, 0.6) is 0 Å². The Bertz CT molecular complexity index is 1070. The molecule has 2 N–H and O–H groups in total. The molecule has 0 atom stereocenters. The van der Waals surface area contributed by atoms with Crippen molar-refractivity contribution in [3.05, 3.63) is 74.5 Å². The zero-order valence-electron chi connectivity index (χ0n) is 14.4.